The molecular formula is C24H15Cl3FN3O3. The number of benzene rings is 3. The van der Waals surface area contributed by atoms with E-state index in [0.717, 1.165) is 11.0 Å². The molecule has 2 N–H and O–H groups in total. The van der Waals surface area contributed by atoms with E-state index in [2.05, 4.69) is 10.6 Å². The Labute approximate surface area is 208 Å². The van der Waals surface area contributed by atoms with Crippen molar-refractivity contribution in [3.63, 3.8) is 0 Å². The second-order valence-electron chi connectivity index (χ2n) is 7.35. The van der Waals surface area contributed by atoms with E-state index in [1.54, 1.807) is 37.3 Å². The number of carbonyl (C=O) groups is 3. The van der Waals surface area contributed by atoms with Crippen molar-refractivity contribution in [2.75, 3.05) is 15.5 Å². The molecule has 34 heavy (non-hydrogen) atoms. The second kappa shape index (κ2) is 9.46. The van der Waals surface area contributed by atoms with E-state index in [1.807, 2.05) is 0 Å². The summed E-state index contributed by atoms with van der Waals surface area (Å²) in [6.45, 7) is 1.76. The molecule has 1 heterocycles. The third-order valence-electron chi connectivity index (χ3n) is 5.03. The van der Waals surface area contributed by atoms with Crippen LogP contribution < -0.4 is 15.5 Å². The fraction of sp³-hybridized carbons (Fsp3) is 0.0417. The summed E-state index contributed by atoms with van der Waals surface area (Å²) in [4.78, 5) is 39.3. The lowest BCUT2D eigenvalue weighted by molar-refractivity contribution is -0.120. The topological polar surface area (TPSA) is 78.5 Å². The molecule has 0 bridgehead atoms. The molecule has 3 amide bonds. The van der Waals surface area contributed by atoms with E-state index in [-0.39, 0.29) is 27.0 Å². The van der Waals surface area contributed by atoms with Crippen molar-refractivity contribution < 1.29 is 18.8 Å². The minimum absolute atomic E-state index is 0.126. The van der Waals surface area contributed by atoms with Gasteiger partial charge in [0.15, 0.2) is 0 Å². The number of halogens is 4. The van der Waals surface area contributed by atoms with Gasteiger partial charge in [0.2, 0.25) is 0 Å². The van der Waals surface area contributed by atoms with Crippen molar-refractivity contribution in [1.29, 1.82) is 0 Å². The standard InChI is InChI=1S/C24H15Cl3FN3O3/c1-12-5-6-13(22(32)29-15-7-8-18(28)17(26)11-15)9-19(12)30-21-20(27)23(33)31(24(21)34)16-4-2-3-14(25)10-16/h2-11,30H,1H3,(H,29,32). The van der Waals surface area contributed by atoms with Crippen LogP contribution in [0.1, 0.15) is 15.9 Å². The summed E-state index contributed by atoms with van der Waals surface area (Å²) in [7, 11) is 0. The van der Waals surface area contributed by atoms with Gasteiger partial charge in [-0.25, -0.2) is 9.29 Å². The molecular weight excluding hydrogens is 504 g/mol. The van der Waals surface area contributed by atoms with Crippen LogP contribution in [-0.2, 0) is 9.59 Å². The first-order valence-electron chi connectivity index (χ1n) is 9.84. The molecule has 0 aromatic heterocycles. The number of hydrogen-bond acceptors (Lipinski definition) is 4. The number of hydrogen-bond donors (Lipinski definition) is 2. The lowest BCUT2D eigenvalue weighted by atomic mass is 10.1. The van der Waals surface area contributed by atoms with Crippen LogP contribution in [0.5, 0.6) is 0 Å². The lowest BCUT2D eigenvalue weighted by Crippen LogP contribution is -2.32. The first kappa shape index (κ1) is 23.8. The first-order valence-corrected chi connectivity index (χ1v) is 11.0. The van der Waals surface area contributed by atoms with Crippen LogP contribution in [0.25, 0.3) is 0 Å². The van der Waals surface area contributed by atoms with Crippen molar-refractivity contribution in [3.05, 3.63) is 98.4 Å². The number of imide groups is 1. The van der Waals surface area contributed by atoms with E-state index in [4.69, 9.17) is 34.8 Å². The Morgan fingerprint density at radius 3 is 2.41 bits per heavy atom. The Kier molecular flexibility index (Phi) is 6.61. The largest absolute Gasteiger partial charge is 0.349 e. The third kappa shape index (κ3) is 4.63. The van der Waals surface area contributed by atoms with E-state index in [1.165, 1.54) is 24.3 Å². The van der Waals surface area contributed by atoms with Gasteiger partial charge in [0.1, 0.15) is 16.5 Å². The highest BCUT2D eigenvalue weighted by Gasteiger charge is 2.39. The van der Waals surface area contributed by atoms with Gasteiger partial charge in [-0.05, 0) is 61.0 Å². The Morgan fingerprint density at radius 1 is 0.941 bits per heavy atom. The number of aryl methyl sites for hydroxylation is 1. The van der Waals surface area contributed by atoms with Crippen molar-refractivity contribution in [3.8, 4) is 0 Å². The highest BCUT2D eigenvalue weighted by molar-refractivity contribution is 6.53. The smallest absolute Gasteiger partial charge is 0.283 e. The van der Waals surface area contributed by atoms with Gasteiger partial charge in [-0.15, -0.1) is 0 Å². The van der Waals surface area contributed by atoms with Gasteiger partial charge in [0.05, 0.1) is 10.7 Å². The maximum absolute atomic E-state index is 13.4. The Morgan fingerprint density at radius 2 is 1.71 bits per heavy atom. The van der Waals surface area contributed by atoms with Crippen molar-refractivity contribution in [1.82, 2.24) is 0 Å². The summed E-state index contributed by atoms with van der Waals surface area (Å²) in [5.74, 6) is -2.45. The average molecular weight is 519 g/mol. The minimum atomic E-state index is -0.698. The van der Waals surface area contributed by atoms with Crippen LogP contribution in [0.15, 0.2) is 71.4 Å². The zero-order valence-electron chi connectivity index (χ0n) is 17.5. The molecule has 0 spiro atoms. The van der Waals surface area contributed by atoms with Gasteiger partial charge < -0.3 is 10.6 Å². The van der Waals surface area contributed by atoms with Gasteiger partial charge >= 0.3 is 0 Å². The van der Waals surface area contributed by atoms with Crippen LogP contribution in [0.2, 0.25) is 10.0 Å². The summed E-state index contributed by atoms with van der Waals surface area (Å²) in [6, 6.07) is 14.8. The van der Waals surface area contributed by atoms with E-state index in [9.17, 15) is 18.8 Å². The molecule has 0 saturated carbocycles. The van der Waals surface area contributed by atoms with Gasteiger partial charge in [-0.2, -0.15) is 0 Å². The van der Waals surface area contributed by atoms with Crippen molar-refractivity contribution >= 4 is 69.6 Å². The predicted octanol–water partition coefficient (Wildman–Crippen LogP) is 6.13. The molecule has 3 aromatic carbocycles. The molecule has 10 heteroatoms. The number of carbonyl (C=O) groups excluding carboxylic acids is 3. The molecule has 3 aromatic rings. The van der Waals surface area contributed by atoms with Gasteiger partial charge in [0, 0.05) is 22.0 Å². The number of rotatable bonds is 5. The monoisotopic (exact) mass is 517 g/mol. The van der Waals surface area contributed by atoms with Crippen molar-refractivity contribution in [2.45, 2.75) is 6.92 Å². The van der Waals surface area contributed by atoms with Crippen LogP contribution >= 0.6 is 34.8 Å². The van der Waals surface area contributed by atoms with Crippen LogP contribution in [0.4, 0.5) is 21.5 Å². The maximum Gasteiger partial charge on any atom is 0.283 e. The third-order valence-corrected chi connectivity index (χ3v) is 5.91. The average Bonchev–Trinajstić information content (AvgIpc) is 3.00. The maximum atomic E-state index is 13.4. The molecule has 0 unspecified atom stereocenters. The molecule has 1 aliphatic rings. The second-order valence-corrected chi connectivity index (χ2v) is 8.57. The van der Waals surface area contributed by atoms with Gasteiger partial charge in [0.25, 0.3) is 17.7 Å². The molecule has 6 nitrogen and oxygen atoms in total. The number of anilines is 3. The summed E-state index contributed by atoms with van der Waals surface area (Å²) in [5.41, 5.74) is 1.80. The molecule has 172 valence electrons. The van der Waals surface area contributed by atoms with E-state index in [0.29, 0.717) is 22.0 Å². The zero-order chi connectivity index (χ0) is 24.6. The zero-order valence-corrected chi connectivity index (χ0v) is 19.7. The Balaban J connectivity index is 1.58. The lowest BCUT2D eigenvalue weighted by Gasteiger charge is -2.16. The fourth-order valence-electron chi connectivity index (χ4n) is 3.27. The number of nitrogens with one attached hydrogen (secondary N) is 2. The molecule has 1 aliphatic heterocycles. The summed E-state index contributed by atoms with van der Waals surface area (Å²) < 4.78 is 13.4. The molecule has 0 atom stereocenters. The normalized spacial score (nSPS) is 13.5. The highest BCUT2D eigenvalue weighted by Crippen LogP contribution is 2.32. The molecule has 0 saturated heterocycles. The molecule has 0 aliphatic carbocycles. The van der Waals surface area contributed by atoms with Crippen molar-refractivity contribution in [2.24, 2.45) is 0 Å². The van der Waals surface area contributed by atoms with Crippen LogP contribution in [0.3, 0.4) is 0 Å². The highest BCUT2D eigenvalue weighted by atomic mass is 35.5. The summed E-state index contributed by atoms with van der Waals surface area (Å²) in [5, 5.41) is 5.45. The SMILES string of the molecule is Cc1ccc(C(=O)Nc2ccc(F)c(Cl)c2)cc1NC1=C(Cl)C(=O)N(c2cccc(Cl)c2)C1=O. The first-order chi connectivity index (χ1) is 16.2. The quantitative estimate of drug-likeness (QED) is 0.398. The number of nitrogens with zero attached hydrogens (tertiary/aromatic N) is 1. The Bertz CT molecular complexity index is 1390. The predicted molar refractivity (Wildman–Crippen MR) is 131 cm³/mol. The van der Waals surface area contributed by atoms with Gasteiger partial charge in [-0.3, -0.25) is 14.4 Å². The molecule has 0 radical (unpaired) electrons. The molecule has 4 rings (SSSR count). The van der Waals surface area contributed by atoms with Crippen LogP contribution in [0, 0.1) is 12.7 Å². The van der Waals surface area contributed by atoms with E-state index >= 15 is 0 Å². The van der Waals surface area contributed by atoms with E-state index < -0.39 is 23.5 Å². The van der Waals surface area contributed by atoms with Gasteiger partial charge in [-0.1, -0.05) is 46.9 Å². The number of amides is 3. The minimum Gasteiger partial charge on any atom is -0.349 e. The summed E-state index contributed by atoms with van der Waals surface area (Å²) in [6.07, 6.45) is 0. The Hall–Kier alpha value is -3.39. The molecule has 0 fully saturated rings. The fourth-order valence-corrected chi connectivity index (χ4v) is 3.85. The van der Waals surface area contributed by atoms with Crippen LogP contribution in [-0.4, -0.2) is 17.7 Å². The summed E-state index contributed by atoms with van der Waals surface area (Å²) >= 11 is 17.9.